The summed E-state index contributed by atoms with van der Waals surface area (Å²) in [5, 5.41) is 0. The minimum atomic E-state index is -1.19. The molecule has 9 heavy (non-hydrogen) atoms. The van der Waals surface area contributed by atoms with Gasteiger partial charge < -0.3 is 0 Å². The van der Waals surface area contributed by atoms with Crippen molar-refractivity contribution in [2.45, 2.75) is 20.5 Å². The SMILES string of the molecule is COC(=O)[CH](C)[Sb]([CH3])[CH3]. The average Bonchev–Trinajstić information content (AvgIpc) is 1.84. The van der Waals surface area contributed by atoms with E-state index < -0.39 is 20.2 Å². The molecule has 0 saturated carbocycles. The topological polar surface area (TPSA) is 26.3 Å². The summed E-state index contributed by atoms with van der Waals surface area (Å²) >= 11 is -1.19. The summed E-state index contributed by atoms with van der Waals surface area (Å²) in [7, 11) is 1.45. The Morgan fingerprint density at radius 3 is 2.11 bits per heavy atom. The molecule has 54 valence electrons. The fraction of sp³-hybridized carbons (Fsp3) is 0.833. The summed E-state index contributed by atoms with van der Waals surface area (Å²) in [5.41, 5.74) is 0. The summed E-state index contributed by atoms with van der Waals surface area (Å²) < 4.78 is 4.79. The number of methoxy groups -OCH3 is 1. The Balaban J connectivity index is 3.72. The van der Waals surface area contributed by atoms with Gasteiger partial charge in [-0.15, -0.1) is 0 Å². The van der Waals surface area contributed by atoms with E-state index in [2.05, 4.69) is 14.5 Å². The van der Waals surface area contributed by atoms with Crippen LogP contribution < -0.4 is 0 Å². The molecule has 2 nitrogen and oxygen atoms in total. The minimum absolute atomic E-state index is 0.0389. The van der Waals surface area contributed by atoms with E-state index in [1.54, 1.807) is 0 Å². The summed E-state index contributed by atoms with van der Waals surface area (Å²) in [5.74, 6) is -0.0389. The maximum atomic E-state index is 10.8. The third kappa shape index (κ3) is 3.10. The van der Waals surface area contributed by atoms with Gasteiger partial charge in [-0.2, -0.15) is 0 Å². The monoisotopic (exact) mass is 238 g/mol. The quantitative estimate of drug-likeness (QED) is 0.536. The predicted octanol–water partition coefficient (Wildman–Crippen LogP) is 1.30. The van der Waals surface area contributed by atoms with Crippen LogP contribution in [0.2, 0.25) is 13.6 Å². The van der Waals surface area contributed by atoms with Gasteiger partial charge in [0.15, 0.2) is 0 Å². The number of hydrogen-bond acceptors (Lipinski definition) is 2. The molecule has 0 aliphatic carbocycles. The van der Waals surface area contributed by atoms with Gasteiger partial charge in [0.25, 0.3) is 0 Å². The Morgan fingerprint density at radius 1 is 1.56 bits per heavy atom. The fourth-order valence-corrected chi connectivity index (χ4v) is 1.89. The van der Waals surface area contributed by atoms with Crippen molar-refractivity contribution in [2.75, 3.05) is 7.11 Å². The molecule has 0 heterocycles. The van der Waals surface area contributed by atoms with E-state index in [1.165, 1.54) is 7.11 Å². The van der Waals surface area contributed by atoms with Crippen LogP contribution in [-0.4, -0.2) is 33.3 Å². The summed E-state index contributed by atoms with van der Waals surface area (Å²) in [6.45, 7) is 1.95. The van der Waals surface area contributed by atoms with Gasteiger partial charge in [0.05, 0.1) is 0 Å². The van der Waals surface area contributed by atoms with Crippen LogP contribution >= 0.6 is 0 Å². The van der Waals surface area contributed by atoms with Crippen LogP contribution in [0.3, 0.4) is 0 Å². The molecule has 3 heteroatoms. The molecule has 0 amide bonds. The molecule has 0 aromatic carbocycles. The number of esters is 1. The van der Waals surface area contributed by atoms with E-state index in [0.717, 1.165) is 0 Å². The zero-order valence-corrected chi connectivity index (χ0v) is 8.89. The van der Waals surface area contributed by atoms with E-state index in [4.69, 9.17) is 0 Å². The van der Waals surface area contributed by atoms with Gasteiger partial charge in [0.1, 0.15) is 0 Å². The maximum absolute atomic E-state index is 10.8. The first-order valence-electron chi connectivity index (χ1n) is 2.84. The second-order valence-electron chi connectivity index (χ2n) is 2.16. The number of hydrogen-bond donors (Lipinski definition) is 0. The number of rotatable bonds is 2. The number of ether oxygens (including phenoxy) is 1. The molecule has 1 unspecified atom stereocenters. The predicted molar refractivity (Wildman–Crippen MR) is 38.9 cm³/mol. The second-order valence-corrected chi connectivity index (χ2v) is 9.87. The van der Waals surface area contributed by atoms with E-state index >= 15 is 0 Å². The van der Waals surface area contributed by atoms with Gasteiger partial charge in [-0.05, 0) is 0 Å². The van der Waals surface area contributed by atoms with E-state index in [-0.39, 0.29) is 9.83 Å². The molecule has 0 saturated heterocycles. The van der Waals surface area contributed by atoms with Crippen LogP contribution in [0, 0.1) is 0 Å². The van der Waals surface area contributed by atoms with E-state index in [9.17, 15) is 4.79 Å². The fourth-order valence-electron chi connectivity index (χ4n) is 0.381. The third-order valence-corrected chi connectivity index (χ3v) is 6.34. The zero-order chi connectivity index (χ0) is 7.44. The Morgan fingerprint density at radius 2 is 2.00 bits per heavy atom. The van der Waals surface area contributed by atoms with E-state index in [0.29, 0.717) is 0 Å². The molecule has 0 aliphatic heterocycles. The molecular formula is C6H13O2Sb. The van der Waals surface area contributed by atoms with E-state index in [1.807, 2.05) is 6.92 Å². The van der Waals surface area contributed by atoms with Gasteiger partial charge in [-0.25, -0.2) is 0 Å². The van der Waals surface area contributed by atoms with Gasteiger partial charge in [-0.1, -0.05) is 0 Å². The number of carbonyl (C=O) groups is 1. The Bertz CT molecular complexity index is 101. The van der Waals surface area contributed by atoms with Gasteiger partial charge in [0, 0.05) is 0 Å². The standard InChI is InChI=1S/C4H7O2.2CH3.Sb/c1-3-4(5)6-2;;;/h3H,1-2H3;2*1H3;. The summed E-state index contributed by atoms with van der Waals surface area (Å²) in [4.78, 5) is 15.1. The molecule has 0 rings (SSSR count). The molecule has 0 N–H and O–H groups in total. The van der Waals surface area contributed by atoms with Gasteiger partial charge in [0.2, 0.25) is 0 Å². The molecule has 0 aliphatic rings. The first-order chi connectivity index (χ1) is 4.09. The molecule has 0 fully saturated rings. The molecule has 1 atom stereocenters. The van der Waals surface area contributed by atoms with Gasteiger partial charge >= 0.3 is 63.3 Å². The first-order valence-corrected chi connectivity index (χ1v) is 9.41. The summed E-state index contributed by atoms with van der Waals surface area (Å²) in [6.07, 6.45) is 0. The van der Waals surface area contributed by atoms with Crippen molar-refractivity contribution >= 4 is 26.2 Å². The number of carbonyl (C=O) groups excluding carboxylic acids is 1. The van der Waals surface area contributed by atoms with Crippen molar-refractivity contribution in [3.63, 3.8) is 0 Å². The van der Waals surface area contributed by atoms with Gasteiger partial charge in [-0.3, -0.25) is 0 Å². The van der Waals surface area contributed by atoms with Crippen molar-refractivity contribution in [3.05, 3.63) is 0 Å². The molecule has 0 aromatic rings. The Hall–Kier alpha value is 0.288. The van der Waals surface area contributed by atoms with Crippen LogP contribution in [0.1, 0.15) is 6.92 Å². The van der Waals surface area contributed by atoms with Crippen molar-refractivity contribution in [1.29, 1.82) is 0 Å². The second kappa shape index (κ2) is 4.16. The molecular weight excluding hydrogens is 226 g/mol. The average molecular weight is 239 g/mol. The molecule has 0 aromatic heterocycles. The zero-order valence-electron chi connectivity index (χ0n) is 6.34. The van der Waals surface area contributed by atoms with Crippen LogP contribution in [-0.2, 0) is 9.53 Å². The molecule has 0 spiro atoms. The molecule has 0 radical (unpaired) electrons. The van der Waals surface area contributed by atoms with Crippen molar-refractivity contribution in [2.24, 2.45) is 0 Å². The normalized spacial score (nSPS) is 13.4. The summed E-state index contributed by atoms with van der Waals surface area (Å²) in [6, 6.07) is 0. The third-order valence-electron chi connectivity index (χ3n) is 1.32. The van der Waals surface area contributed by atoms with Crippen molar-refractivity contribution in [3.8, 4) is 0 Å². The van der Waals surface area contributed by atoms with Crippen LogP contribution in [0.5, 0.6) is 0 Å². The first kappa shape index (κ1) is 9.29. The Kier molecular flexibility index (Phi) is 4.29. The molecule has 0 bridgehead atoms. The van der Waals surface area contributed by atoms with Crippen LogP contribution in [0.4, 0.5) is 0 Å². The Labute approximate surface area is 63.5 Å². The van der Waals surface area contributed by atoms with Crippen LogP contribution in [0.15, 0.2) is 0 Å². The van der Waals surface area contributed by atoms with Crippen LogP contribution in [0.25, 0.3) is 0 Å². The van der Waals surface area contributed by atoms with Crippen molar-refractivity contribution < 1.29 is 9.53 Å². The van der Waals surface area contributed by atoms with Crippen molar-refractivity contribution in [1.82, 2.24) is 0 Å².